The van der Waals surface area contributed by atoms with Crippen molar-refractivity contribution in [2.75, 3.05) is 18.0 Å². The van der Waals surface area contributed by atoms with E-state index < -0.39 is 0 Å². The van der Waals surface area contributed by atoms with Crippen molar-refractivity contribution in [3.63, 3.8) is 0 Å². The smallest absolute Gasteiger partial charge is 0.143 e. The molecule has 1 aliphatic heterocycles. The van der Waals surface area contributed by atoms with Crippen LogP contribution in [0.25, 0.3) is 0 Å². The molecule has 3 nitrogen and oxygen atoms in total. The SMILES string of the molecule is CC(C)c1ccc2c(c1)N(CC(C)(C)N)CC(c1ccccc1)O2. The van der Waals surface area contributed by atoms with E-state index in [1.807, 2.05) is 6.07 Å². The molecule has 0 bridgehead atoms. The molecule has 2 aromatic rings. The lowest BCUT2D eigenvalue weighted by atomic mass is 9.98. The van der Waals surface area contributed by atoms with Crippen LogP contribution in [0.3, 0.4) is 0 Å². The van der Waals surface area contributed by atoms with Crippen molar-refractivity contribution in [3.8, 4) is 5.75 Å². The Hall–Kier alpha value is -2.00. The number of fused-ring (bicyclic) bond motifs is 1. The third-order valence-corrected chi connectivity index (χ3v) is 4.42. The Balaban J connectivity index is 1.98. The van der Waals surface area contributed by atoms with Crippen LogP contribution in [0.2, 0.25) is 0 Å². The van der Waals surface area contributed by atoms with E-state index in [0.717, 1.165) is 24.5 Å². The first-order valence-electron chi connectivity index (χ1n) is 8.73. The lowest BCUT2D eigenvalue weighted by molar-refractivity contribution is 0.194. The van der Waals surface area contributed by atoms with E-state index in [0.29, 0.717) is 5.92 Å². The maximum Gasteiger partial charge on any atom is 0.143 e. The molecule has 0 saturated heterocycles. The number of anilines is 1. The van der Waals surface area contributed by atoms with Crippen LogP contribution >= 0.6 is 0 Å². The molecule has 1 atom stereocenters. The van der Waals surface area contributed by atoms with Crippen LogP contribution in [0.5, 0.6) is 5.75 Å². The van der Waals surface area contributed by atoms with E-state index in [2.05, 4.69) is 75.1 Å². The highest BCUT2D eigenvalue weighted by Crippen LogP contribution is 2.40. The molecule has 0 aliphatic carbocycles. The summed E-state index contributed by atoms with van der Waals surface area (Å²) in [5.41, 5.74) is 9.76. The summed E-state index contributed by atoms with van der Waals surface area (Å²) in [6.07, 6.45) is 0.0333. The number of hydrogen-bond acceptors (Lipinski definition) is 3. The predicted molar refractivity (Wildman–Crippen MR) is 101 cm³/mol. The highest BCUT2D eigenvalue weighted by atomic mass is 16.5. The maximum atomic E-state index is 6.32. The summed E-state index contributed by atoms with van der Waals surface area (Å²) in [6, 6.07) is 17.0. The maximum absolute atomic E-state index is 6.32. The van der Waals surface area contributed by atoms with Gasteiger partial charge in [-0.1, -0.05) is 50.2 Å². The molecule has 24 heavy (non-hydrogen) atoms. The molecular weight excluding hydrogens is 296 g/mol. The van der Waals surface area contributed by atoms with Gasteiger partial charge < -0.3 is 15.4 Å². The molecule has 1 heterocycles. The van der Waals surface area contributed by atoms with Gasteiger partial charge in [0.25, 0.3) is 0 Å². The Morgan fingerprint density at radius 3 is 2.50 bits per heavy atom. The number of nitrogens with zero attached hydrogens (tertiary/aromatic N) is 1. The van der Waals surface area contributed by atoms with Gasteiger partial charge >= 0.3 is 0 Å². The van der Waals surface area contributed by atoms with Gasteiger partial charge in [-0.05, 0) is 43.0 Å². The number of rotatable bonds is 4. The molecule has 0 aromatic heterocycles. The van der Waals surface area contributed by atoms with Crippen LogP contribution < -0.4 is 15.4 Å². The normalized spacial score (nSPS) is 17.6. The quantitative estimate of drug-likeness (QED) is 0.900. The van der Waals surface area contributed by atoms with E-state index in [1.165, 1.54) is 11.1 Å². The largest absolute Gasteiger partial charge is 0.482 e. The van der Waals surface area contributed by atoms with Gasteiger partial charge in [0, 0.05) is 12.1 Å². The van der Waals surface area contributed by atoms with Crippen molar-refractivity contribution < 1.29 is 4.74 Å². The Labute approximate surface area is 145 Å². The van der Waals surface area contributed by atoms with Crippen LogP contribution in [-0.4, -0.2) is 18.6 Å². The molecule has 0 saturated carbocycles. The molecule has 3 rings (SSSR count). The number of ether oxygens (including phenoxy) is 1. The summed E-state index contributed by atoms with van der Waals surface area (Å²) in [6.45, 7) is 10.2. The Kier molecular flexibility index (Phi) is 4.55. The monoisotopic (exact) mass is 324 g/mol. The van der Waals surface area contributed by atoms with E-state index >= 15 is 0 Å². The zero-order chi connectivity index (χ0) is 17.3. The van der Waals surface area contributed by atoms with E-state index in [1.54, 1.807) is 0 Å². The summed E-state index contributed by atoms with van der Waals surface area (Å²) in [7, 11) is 0. The second-order valence-corrected chi connectivity index (χ2v) is 7.77. The van der Waals surface area contributed by atoms with E-state index in [9.17, 15) is 0 Å². The highest BCUT2D eigenvalue weighted by Gasteiger charge is 2.29. The Morgan fingerprint density at radius 2 is 1.88 bits per heavy atom. The minimum Gasteiger partial charge on any atom is -0.482 e. The Bertz CT molecular complexity index is 689. The average Bonchev–Trinajstić information content (AvgIpc) is 2.53. The van der Waals surface area contributed by atoms with Crippen LogP contribution in [0.4, 0.5) is 5.69 Å². The topological polar surface area (TPSA) is 38.5 Å². The molecule has 2 N–H and O–H groups in total. The second kappa shape index (κ2) is 6.48. The second-order valence-electron chi connectivity index (χ2n) is 7.77. The summed E-state index contributed by atoms with van der Waals surface area (Å²) in [4.78, 5) is 2.38. The first-order chi connectivity index (χ1) is 11.3. The summed E-state index contributed by atoms with van der Waals surface area (Å²) in [5, 5.41) is 0. The van der Waals surface area contributed by atoms with Crippen molar-refractivity contribution in [2.45, 2.75) is 45.3 Å². The standard InChI is InChI=1S/C21H28N2O/c1-15(2)17-10-11-19-18(12-17)23(14-21(3,4)22)13-20(24-19)16-8-6-5-7-9-16/h5-12,15,20H,13-14,22H2,1-4H3. The third kappa shape index (κ3) is 3.73. The fraction of sp³-hybridized carbons (Fsp3) is 0.429. The zero-order valence-corrected chi connectivity index (χ0v) is 15.1. The summed E-state index contributed by atoms with van der Waals surface area (Å²) < 4.78 is 6.31. The molecule has 0 radical (unpaired) electrons. The molecule has 0 spiro atoms. The van der Waals surface area contributed by atoms with Gasteiger partial charge in [-0.15, -0.1) is 0 Å². The van der Waals surface area contributed by atoms with Gasteiger partial charge in [-0.2, -0.15) is 0 Å². The first kappa shape index (κ1) is 16.8. The van der Waals surface area contributed by atoms with Gasteiger partial charge in [0.15, 0.2) is 0 Å². The van der Waals surface area contributed by atoms with Crippen LogP contribution in [0.15, 0.2) is 48.5 Å². The predicted octanol–water partition coefficient (Wildman–Crippen LogP) is 4.49. The highest BCUT2D eigenvalue weighted by molar-refractivity contribution is 5.62. The van der Waals surface area contributed by atoms with Crippen molar-refractivity contribution in [1.29, 1.82) is 0 Å². The summed E-state index contributed by atoms with van der Waals surface area (Å²) in [5.74, 6) is 1.44. The van der Waals surface area contributed by atoms with Gasteiger partial charge in [-0.25, -0.2) is 0 Å². The van der Waals surface area contributed by atoms with Crippen LogP contribution in [-0.2, 0) is 0 Å². The average molecular weight is 324 g/mol. The zero-order valence-electron chi connectivity index (χ0n) is 15.1. The number of hydrogen-bond donors (Lipinski definition) is 1. The fourth-order valence-corrected chi connectivity index (χ4v) is 3.21. The van der Waals surface area contributed by atoms with E-state index in [-0.39, 0.29) is 11.6 Å². The molecule has 0 fully saturated rings. The molecule has 1 unspecified atom stereocenters. The van der Waals surface area contributed by atoms with Gasteiger partial charge in [0.2, 0.25) is 0 Å². The molecule has 1 aliphatic rings. The number of nitrogens with two attached hydrogens (primary N) is 1. The minimum atomic E-state index is -0.260. The van der Waals surface area contributed by atoms with Crippen LogP contribution in [0.1, 0.15) is 50.8 Å². The molecule has 128 valence electrons. The lowest BCUT2D eigenvalue weighted by Crippen LogP contribution is -2.48. The first-order valence-corrected chi connectivity index (χ1v) is 8.73. The number of benzene rings is 2. The van der Waals surface area contributed by atoms with E-state index in [4.69, 9.17) is 10.5 Å². The van der Waals surface area contributed by atoms with Crippen molar-refractivity contribution >= 4 is 5.69 Å². The van der Waals surface area contributed by atoms with Crippen molar-refractivity contribution in [1.82, 2.24) is 0 Å². The summed E-state index contributed by atoms with van der Waals surface area (Å²) >= 11 is 0. The fourth-order valence-electron chi connectivity index (χ4n) is 3.21. The van der Waals surface area contributed by atoms with Crippen LogP contribution in [0, 0.1) is 0 Å². The van der Waals surface area contributed by atoms with Gasteiger partial charge in [0.05, 0.1) is 12.2 Å². The minimum absolute atomic E-state index is 0.0333. The van der Waals surface area contributed by atoms with Crippen molar-refractivity contribution in [2.24, 2.45) is 5.73 Å². The molecule has 2 aromatic carbocycles. The molecule has 3 heteroatoms. The van der Waals surface area contributed by atoms with Gasteiger partial charge in [-0.3, -0.25) is 0 Å². The van der Waals surface area contributed by atoms with Crippen molar-refractivity contribution in [3.05, 3.63) is 59.7 Å². The Morgan fingerprint density at radius 1 is 1.17 bits per heavy atom. The van der Waals surface area contributed by atoms with Gasteiger partial charge in [0.1, 0.15) is 11.9 Å². The molecular formula is C21H28N2O. The molecule has 0 amide bonds. The lowest BCUT2D eigenvalue weighted by Gasteiger charge is -2.40. The third-order valence-electron chi connectivity index (χ3n) is 4.42.